The Morgan fingerprint density at radius 1 is 1.45 bits per heavy atom. The van der Waals surface area contributed by atoms with Crippen LogP contribution in [0, 0.1) is 11.3 Å². The van der Waals surface area contributed by atoms with Crippen molar-refractivity contribution in [3.63, 3.8) is 0 Å². The van der Waals surface area contributed by atoms with Crippen molar-refractivity contribution in [2.75, 3.05) is 12.8 Å². The highest BCUT2D eigenvalue weighted by molar-refractivity contribution is 7.89. The number of sulfonamides is 1. The van der Waals surface area contributed by atoms with Gasteiger partial charge in [0.25, 0.3) is 0 Å². The zero-order valence-electron chi connectivity index (χ0n) is 12.6. The molecule has 8 heteroatoms. The third-order valence-corrected chi connectivity index (χ3v) is 7.23. The van der Waals surface area contributed by atoms with E-state index in [9.17, 15) is 17.2 Å². The second-order valence-electron chi connectivity index (χ2n) is 6.69. The molecule has 0 amide bonds. The molecule has 0 unspecified atom stereocenters. The van der Waals surface area contributed by atoms with E-state index >= 15 is 0 Å². The first-order chi connectivity index (χ1) is 10.3. The van der Waals surface area contributed by atoms with Gasteiger partial charge in [0.1, 0.15) is 5.82 Å². The standard InChI is InChI=1S/C14H21F2N3O2S/c1-18(9-12-17-6-7-19(12)13(15)16)22(20,21)10-14-4-2-11(8-14)3-5-14/h6-7,11,13H,2-5,8-10H2,1H3. The van der Waals surface area contributed by atoms with Gasteiger partial charge in [-0.25, -0.2) is 13.4 Å². The first kappa shape index (κ1) is 15.9. The number of nitrogens with zero attached hydrogens (tertiary/aromatic N) is 3. The third-order valence-electron chi connectivity index (χ3n) is 5.17. The maximum atomic E-state index is 12.8. The van der Waals surface area contributed by atoms with Gasteiger partial charge in [-0.1, -0.05) is 0 Å². The molecule has 22 heavy (non-hydrogen) atoms. The first-order valence-electron chi connectivity index (χ1n) is 7.55. The molecular weight excluding hydrogens is 312 g/mol. The fourth-order valence-corrected chi connectivity index (χ4v) is 5.67. The van der Waals surface area contributed by atoms with Crippen molar-refractivity contribution in [1.29, 1.82) is 0 Å². The van der Waals surface area contributed by atoms with Crippen LogP contribution in [-0.4, -0.2) is 35.1 Å². The van der Waals surface area contributed by atoms with E-state index in [2.05, 4.69) is 4.98 Å². The predicted molar refractivity (Wildman–Crippen MR) is 77.7 cm³/mol. The number of rotatable bonds is 6. The Hall–Kier alpha value is -1.02. The molecule has 5 nitrogen and oxygen atoms in total. The van der Waals surface area contributed by atoms with Gasteiger partial charge in [-0.15, -0.1) is 0 Å². The fourth-order valence-electron chi connectivity index (χ4n) is 3.95. The molecular formula is C14H21F2N3O2S. The van der Waals surface area contributed by atoms with Gasteiger partial charge in [-0.2, -0.15) is 13.1 Å². The number of alkyl halides is 2. The van der Waals surface area contributed by atoms with Crippen molar-refractivity contribution in [1.82, 2.24) is 13.9 Å². The Morgan fingerprint density at radius 3 is 2.68 bits per heavy atom. The van der Waals surface area contributed by atoms with Gasteiger partial charge < -0.3 is 0 Å². The maximum Gasteiger partial charge on any atom is 0.319 e. The third kappa shape index (κ3) is 2.90. The zero-order valence-corrected chi connectivity index (χ0v) is 13.4. The smallest absolute Gasteiger partial charge is 0.277 e. The van der Waals surface area contributed by atoms with Gasteiger partial charge in [-0.3, -0.25) is 4.57 Å². The fraction of sp³-hybridized carbons (Fsp3) is 0.786. The van der Waals surface area contributed by atoms with Crippen LogP contribution in [0.15, 0.2) is 12.4 Å². The lowest BCUT2D eigenvalue weighted by Crippen LogP contribution is -2.36. The number of hydrogen-bond acceptors (Lipinski definition) is 3. The summed E-state index contributed by atoms with van der Waals surface area (Å²) in [6, 6.07) is 0. The van der Waals surface area contributed by atoms with E-state index < -0.39 is 16.6 Å². The molecule has 0 N–H and O–H groups in total. The van der Waals surface area contributed by atoms with Crippen molar-refractivity contribution in [3.05, 3.63) is 18.2 Å². The number of fused-ring (bicyclic) bond motifs is 2. The molecule has 1 aromatic heterocycles. The van der Waals surface area contributed by atoms with Gasteiger partial charge in [0.15, 0.2) is 0 Å². The Balaban J connectivity index is 1.70. The molecule has 0 spiro atoms. The number of hydrogen-bond donors (Lipinski definition) is 0. The van der Waals surface area contributed by atoms with Crippen LogP contribution in [0.3, 0.4) is 0 Å². The lowest BCUT2D eigenvalue weighted by atomic mass is 9.87. The van der Waals surface area contributed by atoms with Crippen molar-refractivity contribution in [3.8, 4) is 0 Å². The number of halogens is 2. The molecule has 2 bridgehead atoms. The van der Waals surface area contributed by atoms with Crippen molar-refractivity contribution < 1.29 is 17.2 Å². The Bertz CT molecular complexity index is 636. The summed E-state index contributed by atoms with van der Waals surface area (Å²) in [5, 5.41) is 0. The highest BCUT2D eigenvalue weighted by atomic mass is 32.2. The van der Waals surface area contributed by atoms with Gasteiger partial charge in [0, 0.05) is 19.4 Å². The lowest BCUT2D eigenvalue weighted by molar-refractivity contribution is 0.0658. The molecule has 0 atom stereocenters. The molecule has 3 rings (SSSR count). The van der Waals surface area contributed by atoms with E-state index in [1.807, 2.05) is 0 Å². The summed E-state index contributed by atoms with van der Waals surface area (Å²) in [7, 11) is -2.03. The summed E-state index contributed by atoms with van der Waals surface area (Å²) >= 11 is 0. The summed E-state index contributed by atoms with van der Waals surface area (Å²) in [6.07, 6.45) is 7.60. The molecule has 0 aliphatic heterocycles. The van der Waals surface area contributed by atoms with Crippen molar-refractivity contribution in [2.45, 2.75) is 45.2 Å². The van der Waals surface area contributed by atoms with Gasteiger partial charge in [0.2, 0.25) is 10.0 Å². The highest BCUT2D eigenvalue weighted by Crippen LogP contribution is 2.54. The Morgan fingerprint density at radius 2 is 2.14 bits per heavy atom. The predicted octanol–water partition coefficient (Wildman–Crippen LogP) is 2.62. The second-order valence-corrected chi connectivity index (χ2v) is 8.76. The van der Waals surface area contributed by atoms with Crippen LogP contribution in [0.1, 0.15) is 44.5 Å². The average Bonchev–Trinajstić information content (AvgIpc) is 3.12. The summed E-state index contributed by atoms with van der Waals surface area (Å²) in [5.74, 6) is 0.870. The van der Waals surface area contributed by atoms with Crippen LogP contribution in [0.4, 0.5) is 8.78 Å². The Kier molecular flexibility index (Phi) is 4.01. The minimum Gasteiger partial charge on any atom is -0.277 e. The second kappa shape index (κ2) is 5.56. The summed E-state index contributed by atoms with van der Waals surface area (Å²) in [5.41, 5.74) is -0.0874. The quantitative estimate of drug-likeness (QED) is 0.804. The summed E-state index contributed by atoms with van der Waals surface area (Å²) in [6.45, 7) is -2.84. The van der Waals surface area contributed by atoms with E-state index in [4.69, 9.17) is 0 Å². The minimum atomic E-state index is -3.47. The molecule has 124 valence electrons. The molecule has 0 aromatic carbocycles. The van der Waals surface area contributed by atoms with E-state index in [0.717, 1.165) is 42.6 Å². The molecule has 2 aliphatic carbocycles. The van der Waals surface area contributed by atoms with Crippen molar-refractivity contribution >= 4 is 10.0 Å². The van der Waals surface area contributed by atoms with E-state index in [0.29, 0.717) is 10.5 Å². The molecule has 0 saturated heterocycles. The highest BCUT2D eigenvalue weighted by Gasteiger charge is 2.47. The minimum absolute atomic E-state index is 0.0642. The van der Waals surface area contributed by atoms with Crippen LogP contribution >= 0.6 is 0 Å². The lowest BCUT2D eigenvalue weighted by Gasteiger charge is -2.28. The Labute approximate surface area is 129 Å². The maximum absolute atomic E-state index is 12.8. The molecule has 2 saturated carbocycles. The molecule has 0 radical (unpaired) electrons. The SMILES string of the molecule is CN(Cc1nccn1C(F)F)S(=O)(=O)CC12CCC(CC1)C2. The van der Waals surface area contributed by atoms with Crippen LogP contribution in [-0.2, 0) is 16.6 Å². The monoisotopic (exact) mass is 333 g/mol. The average molecular weight is 333 g/mol. The van der Waals surface area contributed by atoms with Crippen molar-refractivity contribution in [2.24, 2.45) is 11.3 Å². The molecule has 2 aliphatic rings. The van der Waals surface area contributed by atoms with Gasteiger partial charge in [-0.05, 0) is 43.4 Å². The van der Waals surface area contributed by atoms with Gasteiger partial charge >= 0.3 is 6.55 Å². The number of imidazole rings is 1. The van der Waals surface area contributed by atoms with Gasteiger partial charge in [0.05, 0.1) is 12.3 Å². The zero-order chi connectivity index (χ0) is 16.0. The molecule has 1 heterocycles. The van der Waals surface area contributed by atoms with Crippen LogP contribution < -0.4 is 0 Å². The van der Waals surface area contributed by atoms with E-state index in [1.54, 1.807) is 0 Å². The normalized spacial score (nSPS) is 28.1. The molecule has 1 aromatic rings. The first-order valence-corrected chi connectivity index (χ1v) is 9.16. The summed E-state index contributed by atoms with van der Waals surface area (Å²) < 4.78 is 52.6. The van der Waals surface area contributed by atoms with E-state index in [-0.39, 0.29) is 23.5 Å². The van der Waals surface area contributed by atoms with E-state index in [1.165, 1.54) is 13.2 Å². The molecule has 2 fully saturated rings. The van der Waals surface area contributed by atoms with Crippen LogP contribution in [0.25, 0.3) is 0 Å². The number of aromatic nitrogens is 2. The largest absolute Gasteiger partial charge is 0.319 e. The van der Waals surface area contributed by atoms with Crippen LogP contribution in [0.5, 0.6) is 0 Å². The topological polar surface area (TPSA) is 55.2 Å². The van der Waals surface area contributed by atoms with Crippen LogP contribution in [0.2, 0.25) is 0 Å². The summed E-state index contributed by atoms with van der Waals surface area (Å²) in [4.78, 5) is 3.85.